The molecule has 3 aromatic carbocycles. The van der Waals surface area contributed by atoms with Gasteiger partial charge in [0.25, 0.3) is 0 Å². The number of ether oxygens (including phenoxy) is 1. The molecule has 0 spiro atoms. The molecular formula is C47H54N4OPt. The fourth-order valence-corrected chi connectivity index (χ4v) is 8.38. The summed E-state index contributed by atoms with van der Waals surface area (Å²) in [6, 6.07) is 28.6. The molecule has 1 unspecified atom stereocenters. The van der Waals surface area contributed by atoms with E-state index in [4.69, 9.17) is 14.8 Å². The fraction of sp³-hybridized carbons (Fsp3) is 0.404. The van der Waals surface area contributed by atoms with Crippen molar-refractivity contribution < 1.29 is 25.8 Å². The van der Waals surface area contributed by atoms with Crippen molar-refractivity contribution in [2.75, 3.05) is 0 Å². The Morgan fingerprint density at radius 1 is 0.849 bits per heavy atom. The Labute approximate surface area is 331 Å². The topological polar surface area (TPSA) is 44.9 Å². The number of aryl methyl sites for hydroxylation is 1. The van der Waals surface area contributed by atoms with Crippen molar-refractivity contribution in [1.82, 2.24) is 19.3 Å². The molecular weight excluding hydrogens is 832 g/mol. The molecule has 0 fully saturated rings. The van der Waals surface area contributed by atoms with E-state index >= 15 is 0 Å². The first kappa shape index (κ1) is 38.8. The van der Waals surface area contributed by atoms with E-state index in [0.717, 1.165) is 57.4 Å². The van der Waals surface area contributed by atoms with Crippen molar-refractivity contribution in [2.24, 2.45) is 11.8 Å². The summed E-state index contributed by atoms with van der Waals surface area (Å²) in [6.45, 7) is 24.8. The third-order valence-electron chi connectivity index (χ3n) is 11.2. The molecule has 6 heteroatoms. The van der Waals surface area contributed by atoms with Gasteiger partial charge in [0.2, 0.25) is 0 Å². The van der Waals surface area contributed by atoms with Crippen molar-refractivity contribution in [1.29, 1.82) is 0 Å². The Morgan fingerprint density at radius 3 is 2.28 bits per heavy atom. The Morgan fingerprint density at radius 2 is 1.58 bits per heavy atom. The Hall–Kier alpha value is -3.95. The molecule has 278 valence electrons. The molecule has 3 aromatic heterocycles. The van der Waals surface area contributed by atoms with E-state index in [1.54, 1.807) is 5.57 Å². The molecule has 3 atom stereocenters. The standard InChI is InChI=1S/C47H54N4O.Pt/c1-12-32-22-29(3)23-33(13-2)45(32)44-30(4)49-51(31(44)5)36-24-35(47(9,10)11)25-38(27-36)52-37-18-19-40-39-16-14-15-17-41(39)50(42(40)28-37)43-26-34(20-21-48-43)46(6,7)8;/h14-22,24-26,29,33,45H,12-13,23H2,1-11H3;/q-2;+2/t29-,33-,45?;/m0./s1. The number of pyridine rings is 1. The third kappa shape index (κ3) is 7.31. The average Bonchev–Trinajstić information content (AvgIpc) is 3.59. The Kier molecular flexibility index (Phi) is 10.8. The van der Waals surface area contributed by atoms with E-state index in [0.29, 0.717) is 29.3 Å². The number of nitrogens with zero attached hydrogens (tertiary/aromatic N) is 4. The number of allylic oxidation sites excluding steroid dienone is 2. The van der Waals surface area contributed by atoms with Crippen LogP contribution in [0.25, 0.3) is 33.3 Å². The van der Waals surface area contributed by atoms with E-state index < -0.39 is 0 Å². The number of aromatic nitrogens is 4. The summed E-state index contributed by atoms with van der Waals surface area (Å²) in [5.74, 6) is 3.77. The number of rotatable bonds is 7. The summed E-state index contributed by atoms with van der Waals surface area (Å²) in [4.78, 5) is 4.85. The second-order valence-corrected chi connectivity index (χ2v) is 17.0. The van der Waals surface area contributed by atoms with E-state index in [1.807, 2.05) is 12.3 Å². The molecule has 0 aliphatic heterocycles. The van der Waals surface area contributed by atoms with Gasteiger partial charge in [-0.2, -0.15) is 11.2 Å². The first-order valence-corrected chi connectivity index (χ1v) is 19.1. The normalized spacial score (nSPS) is 17.9. The number of para-hydroxylation sites is 1. The van der Waals surface area contributed by atoms with Crippen molar-refractivity contribution in [3.8, 4) is 23.0 Å². The number of hydrogen-bond acceptors (Lipinski definition) is 3. The number of fused-ring (bicyclic) bond motifs is 3. The second-order valence-electron chi connectivity index (χ2n) is 17.0. The SMILES string of the molecule is CCC1=C[C@H](C)C[C@H](CC)C1c1c(C)nn(-c2[c-]c(Oc3[c-]c4c(cc3)c3ccccc3n4-c3cc(C(C)(C)C)ccn3)cc(C(C)(C)C)c2)c1C.[Pt+2]. The van der Waals surface area contributed by atoms with Crippen LogP contribution in [0, 0.1) is 37.8 Å². The van der Waals surface area contributed by atoms with Crippen molar-refractivity contribution in [2.45, 2.75) is 112 Å². The smallest absolute Gasteiger partial charge is 0.509 e. The maximum absolute atomic E-state index is 6.73. The summed E-state index contributed by atoms with van der Waals surface area (Å²) in [6.07, 6.45) is 7.88. The van der Waals surface area contributed by atoms with Gasteiger partial charge in [-0.3, -0.25) is 4.68 Å². The van der Waals surface area contributed by atoms with Gasteiger partial charge in [0.05, 0.1) is 5.69 Å². The Bertz CT molecular complexity index is 2310. The van der Waals surface area contributed by atoms with Crippen LogP contribution in [0.5, 0.6) is 11.5 Å². The predicted octanol–water partition coefficient (Wildman–Crippen LogP) is 12.5. The summed E-state index contributed by atoms with van der Waals surface area (Å²) in [5.41, 5.74) is 10.4. The summed E-state index contributed by atoms with van der Waals surface area (Å²) in [7, 11) is 0. The molecule has 0 radical (unpaired) electrons. The summed E-state index contributed by atoms with van der Waals surface area (Å²) < 4.78 is 11.0. The molecule has 0 bridgehead atoms. The maximum atomic E-state index is 6.73. The molecule has 7 rings (SSSR count). The molecule has 0 amide bonds. The predicted molar refractivity (Wildman–Crippen MR) is 215 cm³/mol. The average molecular weight is 886 g/mol. The summed E-state index contributed by atoms with van der Waals surface area (Å²) >= 11 is 0. The van der Waals surface area contributed by atoms with E-state index in [2.05, 4.69) is 158 Å². The molecule has 53 heavy (non-hydrogen) atoms. The van der Waals surface area contributed by atoms with Crippen molar-refractivity contribution in [3.05, 3.63) is 119 Å². The maximum Gasteiger partial charge on any atom is 2.00 e. The minimum atomic E-state index is -0.115. The number of benzene rings is 3. The molecule has 1 aliphatic rings. The zero-order valence-electron chi connectivity index (χ0n) is 33.3. The monoisotopic (exact) mass is 885 g/mol. The number of hydrogen-bond donors (Lipinski definition) is 0. The van der Waals surface area contributed by atoms with Crippen LogP contribution in [-0.4, -0.2) is 19.3 Å². The fourth-order valence-electron chi connectivity index (χ4n) is 8.38. The Balaban J connectivity index is 0.00000481. The van der Waals surface area contributed by atoms with Gasteiger partial charge in [0.1, 0.15) is 5.82 Å². The van der Waals surface area contributed by atoms with E-state index in [1.165, 1.54) is 23.2 Å². The molecule has 3 heterocycles. The molecule has 6 aromatic rings. The quantitative estimate of drug-likeness (QED) is 0.119. The van der Waals surface area contributed by atoms with Gasteiger partial charge in [0.15, 0.2) is 0 Å². The van der Waals surface area contributed by atoms with Gasteiger partial charge < -0.3 is 9.30 Å². The van der Waals surface area contributed by atoms with Crippen LogP contribution in [-0.2, 0) is 31.9 Å². The van der Waals surface area contributed by atoms with Crippen LogP contribution in [0.4, 0.5) is 0 Å². The van der Waals surface area contributed by atoms with Gasteiger partial charge in [-0.05, 0) is 84.2 Å². The molecule has 1 aliphatic carbocycles. The van der Waals surface area contributed by atoms with Crippen LogP contribution >= 0.6 is 0 Å². The van der Waals surface area contributed by atoms with Crippen LogP contribution in [0.15, 0.2) is 78.5 Å². The van der Waals surface area contributed by atoms with Gasteiger partial charge in [-0.25, -0.2) is 4.98 Å². The summed E-state index contributed by atoms with van der Waals surface area (Å²) in [5, 5.41) is 7.47. The van der Waals surface area contributed by atoms with Gasteiger partial charge in [-0.15, -0.1) is 41.3 Å². The van der Waals surface area contributed by atoms with Gasteiger partial charge >= 0.3 is 21.1 Å². The minimum absolute atomic E-state index is 0. The van der Waals surface area contributed by atoms with Crippen molar-refractivity contribution in [3.63, 3.8) is 0 Å². The first-order chi connectivity index (χ1) is 24.7. The van der Waals surface area contributed by atoms with Gasteiger partial charge in [-0.1, -0.05) is 104 Å². The molecule has 5 nitrogen and oxygen atoms in total. The van der Waals surface area contributed by atoms with Crippen LogP contribution < -0.4 is 4.74 Å². The largest absolute Gasteiger partial charge is 2.00 e. The molecule has 0 saturated carbocycles. The second kappa shape index (κ2) is 14.7. The zero-order valence-corrected chi connectivity index (χ0v) is 35.6. The zero-order chi connectivity index (χ0) is 37.1. The van der Waals surface area contributed by atoms with Crippen LogP contribution in [0.2, 0.25) is 0 Å². The molecule has 0 N–H and O–H groups in total. The van der Waals surface area contributed by atoms with Crippen molar-refractivity contribution >= 4 is 21.8 Å². The third-order valence-corrected chi connectivity index (χ3v) is 11.2. The van der Waals surface area contributed by atoms with E-state index in [-0.39, 0.29) is 31.9 Å². The van der Waals surface area contributed by atoms with Crippen LogP contribution in [0.3, 0.4) is 0 Å². The first-order valence-electron chi connectivity index (χ1n) is 19.1. The van der Waals surface area contributed by atoms with E-state index in [9.17, 15) is 0 Å². The van der Waals surface area contributed by atoms with Gasteiger partial charge in [0, 0.05) is 40.4 Å². The van der Waals surface area contributed by atoms with Crippen LogP contribution in [0.1, 0.15) is 116 Å². The molecule has 0 saturated heterocycles. The minimum Gasteiger partial charge on any atom is -0.509 e.